The third-order valence-electron chi connectivity index (χ3n) is 3.45. The largest absolute Gasteiger partial charge is 0.459 e. The molecule has 0 rings (SSSR count). The average Bonchev–Trinajstić information content (AvgIpc) is 2.32. The van der Waals surface area contributed by atoms with Gasteiger partial charge in [-0.15, -0.1) is 0 Å². The van der Waals surface area contributed by atoms with Crippen molar-refractivity contribution in [3.05, 3.63) is 0 Å². The van der Waals surface area contributed by atoms with Gasteiger partial charge in [0.05, 0.1) is 25.6 Å². The Balaban J connectivity index is 4.42. The van der Waals surface area contributed by atoms with Crippen molar-refractivity contribution >= 4 is 16.1 Å². The molecule has 0 aromatic rings. The van der Waals surface area contributed by atoms with E-state index in [9.17, 15) is 13.2 Å². The molecule has 6 nitrogen and oxygen atoms in total. The van der Waals surface area contributed by atoms with Gasteiger partial charge in [-0.2, -0.15) is 8.42 Å². The Labute approximate surface area is 116 Å². The third kappa shape index (κ3) is 7.49. The summed E-state index contributed by atoms with van der Waals surface area (Å²) in [6.07, 6.45) is 0. The molecule has 1 N–H and O–H groups in total. The van der Waals surface area contributed by atoms with Crippen LogP contribution in [0.25, 0.3) is 0 Å². The van der Waals surface area contributed by atoms with Crippen LogP contribution in [-0.4, -0.2) is 62.0 Å². The number of esters is 1. The lowest BCUT2D eigenvalue weighted by molar-refractivity contribution is -0.922. The number of nitrogens with zero attached hydrogens (tertiary/aromatic N) is 1. The van der Waals surface area contributed by atoms with Gasteiger partial charge in [0.15, 0.2) is 0 Å². The molecule has 0 aliphatic carbocycles. The SMILES string of the molecule is CC[N+](CC)(CCOC(=O)C(C)C)CCS(=O)(=O)O. The van der Waals surface area contributed by atoms with Crippen molar-refractivity contribution in [2.45, 2.75) is 27.7 Å². The molecule has 7 heteroatoms. The van der Waals surface area contributed by atoms with Crippen LogP contribution in [0.15, 0.2) is 0 Å². The fraction of sp³-hybridized carbons (Fsp3) is 0.917. The molecule has 0 unspecified atom stereocenters. The maximum absolute atomic E-state index is 11.4. The molecule has 0 spiro atoms. The zero-order valence-electron chi connectivity index (χ0n) is 12.3. The number of ether oxygens (including phenoxy) is 1. The summed E-state index contributed by atoms with van der Waals surface area (Å²) in [5.74, 6) is -0.685. The van der Waals surface area contributed by atoms with Gasteiger partial charge in [0.25, 0.3) is 10.1 Å². The van der Waals surface area contributed by atoms with E-state index in [0.29, 0.717) is 17.6 Å². The zero-order chi connectivity index (χ0) is 15.1. The summed E-state index contributed by atoms with van der Waals surface area (Å²) in [6, 6.07) is 0. The lowest BCUT2D eigenvalue weighted by Gasteiger charge is -2.36. The first kappa shape index (κ1) is 18.3. The van der Waals surface area contributed by atoms with Crippen LogP contribution < -0.4 is 0 Å². The first-order chi connectivity index (χ1) is 8.66. The molecule has 0 aliphatic rings. The zero-order valence-corrected chi connectivity index (χ0v) is 13.1. The van der Waals surface area contributed by atoms with Crippen LogP contribution in [-0.2, 0) is 19.6 Å². The van der Waals surface area contributed by atoms with E-state index < -0.39 is 10.1 Å². The van der Waals surface area contributed by atoms with Crippen LogP contribution >= 0.6 is 0 Å². The Hall–Kier alpha value is -0.660. The number of carbonyl (C=O) groups excluding carboxylic acids is 1. The monoisotopic (exact) mass is 296 g/mol. The number of carbonyl (C=O) groups is 1. The molecule has 114 valence electrons. The predicted molar refractivity (Wildman–Crippen MR) is 73.3 cm³/mol. The molecular formula is C12H26NO5S+. The van der Waals surface area contributed by atoms with Gasteiger partial charge in [-0.3, -0.25) is 9.35 Å². The van der Waals surface area contributed by atoms with E-state index in [0.717, 1.165) is 13.1 Å². The summed E-state index contributed by atoms with van der Waals surface area (Å²) in [5.41, 5.74) is 0. The van der Waals surface area contributed by atoms with Gasteiger partial charge >= 0.3 is 5.97 Å². The lowest BCUT2D eigenvalue weighted by Crippen LogP contribution is -2.52. The van der Waals surface area contributed by atoms with E-state index in [1.54, 1.807) is 13.8 Å². The van der Waals surface area contributed by atoms with Crippen molar-refractivity contribution in [2.24, 2.45) is 5.92 Å². The summed E-state index contributed by atoms with van der Waals surface area (Å²) >= 11 is 0. The van der Waals surface area contributed by atoms with E-state index in [2.05, 4.69) is 0 Å². The van der Waals surface area contributed by atoms with Gasteiger partial charge < -0.3 is 9.22 Å². The molecule has 0 amide bonds. The van der Waals surface area contributed by atoms with Crippen molar-refractivity contribution in [2.75, 3.05) is 38.5 Å². The second-order valence-electron chi connectivity index (χ2n) is 5.03. The van der Waals surface area contributed by atoms with E-state index in [-0.39, 0.29) is 24.2 Å². The molecule has 0 radical (unpaired) electrons. The molecule has 19 heavy (non-hydrogen) atoms. The topological polar surface area (TPSA) is 80.7 Å². The lowest BCUT2D eigenvalue weighted by atomic mass is 10.2. The molecular weight excluding hydrogens is 270 g/mol. The molecule has 0 heterocycles. The van der Waals surface area contributed by atoms with Crippen LogP contribution in [0.1, 0.15) is 27.7 Å². The molecule has 0 aliphatic heterocycles. The van der Waals surface area contributed by atoms with Gasteiger partial charge in [-0.1, -0.05) is 13.8 Å². The second-order valence-corrected chi connectivity index (χ2v) is 6.60. The van der Waals surface area contributed by atoms with Crippen LogP contribution in [0.3, 0.4) is 0 Å². The molecule has 0 aromatic heterocycles. The maximum Gasteiger partial charge on any atom is 0.308 e. The summed E-state index contributed by atoms with van der Waals surface area (Å²) < 4.78 is 36.2. The quantitative estimate of drug-likeness (QED) is 0.389. The number of hydrogen-bond donors (Lipinski definition) is 1. The van der Waals surface area contributed by atoms with Crippen LogP contribution in [0, 0.1) is 5.92 Å². The first-order valence-electron chi connectivity index (χ1n) is 6.62. The minimum absolute atomic E-state index is 0.164. The summed E-state index contributed by atoms with van der Waals surface area (Å²) in [6.45, 7) is 10.0. The number of likely N-dealkylation sites (N-methyl/N-ethyl adjacent to an activating group) is 1. The van der Waals surface area contributed by atoms with Crippen molar-refractivity contribution in [1.29, 1.82) is 0 Å². The van der Waals surface area contributed by atoms with Crippen molar-refractivity contribution in [1.82, 2.24) is 0 Å². The molecule has 0 bridgehead atoms. The minimum atomic E-state index is -3.96. The standard InChI is InChI=1S/C12H25NO5S/c1-5-13(6-2,8-10-19(15,16)17)7-9-18-12(14)11(3)4/h11H,5-10H2,1-4H3/p+1. The fourth-order valence-electron chi connectivity index (χ4n) is 1.78. The highest BCUT2D eigenvalue weighted by Crippen LogP contribution is 2.08. The smallest absolute Gasteiger partial charge is 0.308 e. The Bertz CT molecular complexity index is 374. The third-order valence-corrected chi connectivity index (χ3v) is 4.15. The van der Waals surface area contributed by atoms with Crippen LogP contribution in [0.5, 0.6) is 0 Å². The second kappa shape index (κ2) is 7.81. The summed E-state index contributed by atoms with van der Waals surface area (Å²) in [4.78, 5) is 11.4. The van der Waals surface area contributed by atoms with Gasteiger partial charge in [0.1, 0.15) is 18.9 Å². The average molecular weight is 296 g/mol. The highest BCUT2D eigenvalue weighted by molar-refractivity contribution is 7.85. The number of rotatable bonds is 9. The highest BCUT2D eigenvalue weighted by Gasteiger charge is 2.26. The number of quaternary nitrogens is 1. The van der Waals surface area contributed by atoms with Crippen LogP contribution in [0.4, 0.5) is 0 Å². The minimum Gasteiger partial charge on any atom is -0.459 e. The molecule has 0 fully saturated rings. The Kier molecular flexibility index (Phi) is 7.54. The van der Waals surface area contributed by atoms with Gasteiger partial charge in [-0.05, 0) is 13.8 Å². The molecule has 0 saturated heterocycles. The highest BCUT2D eigenvalue weighted by atomic mass is 32.2. The van der Waals surface area contributed by atoms with E-state index in [1.807, 2.05) is 13.8 Å². The normalized spacial score (nSPS) is 12.7. The molecule has 0 saturated carbocycles. The Morgan fingerprint density at radius 2 is 1.74 bits per heavy atom. The van der Waals surface area contributed by atoms with Crippen molar-refractivity contribution in [3.63, 3.8) is 0 Å². The first-order valence-corrected chi connectivity index (χ1v) is 8.23. The Morgan fingerprint density at radius 1 is 1.21 bits per heavy atom. The van der Waals surface area contributed by atoms with Crippen molar-refractivity contribution < 1.29 is 27.0 Å². The number of hydrogen-bond acceptors (Lipinski definition) is 4. The summed E-state index contributed by atoms with van der Waals surface area (Å²) in [5, 5.41) is 0. The van der Waals surface area contributed by atoms with E-state index >= 15 is 0 Å². The van der Waals surface area contributed by atoms with Gasteiger partial charge in [0, 0.05) is 0 Å². The van der Waals surface area contributed by atoms with Crippen LogP contribution in [0.2, 0.25) is 0 Å². The van der Waals surface area contributed by atoms with Crippen molar-refractivity contribution in [3.8, 4) is 0 Å². The van der Waals surface area contributed by atoms with E-state index in [1.165, 1.54) is 0 Å². The van der Waals surface area contributed by atoms with E-state index in [4.69, 9.17) is 9.29 Å². The summed E-state index contributed by atoms with van der Waals surface area (Å²) in [7, 11) is -3.96. The van der Waals surface area contributed by atoms with Gasteiger partial charge in [0.2, 0.25) is 0 Å². The Morgan fingerprint density at radius 3 is 2.11 bits per heavy atom. The predicted octanol–water partition coefficient (Wildman–Crippen LogP) is 0.930. The maximum atomic E-state index is 11.4. The molecule has 0 aromatic carbocycles. The molecule has 0 atom stereocenters. The van der Waals surface area contributed by atoms with Gasteiger partial charge in [-0.25, -0.2) is 0 Å². The fourth-order valence-corrected chi connectivity index (χ4v) is 2.40.